The standard InChI is InChI=1S/C15H18N4O2/c1-3-12-14(19(20)21)15(18(2)17-12)16-13-9-11(13)10-7-5-4-6-8-10/h4-8,11,13,16H,3,9H2,1-2H3. The van der Waals surface area contributed by atoms with Gasteiger partial charge in [0.05, 0.1) is 4.92 Å². The summed E-state index contributed by atoms with van der Waals surface area (Å²) in [6.45, 7) is 1.88. The predicted molar refractivity (Wildman–Crippen MR) is 80.5 cm³/mol. The first kappa shape index (κ1) is 13.6. The molecule has 2 atom stereocenters. The average Bonchev–Trinajstić information content (AvgIpc) is 3.17. The van der Waals surface area contributed by atoms with Crippen molar-refractivity contribution in [2.75, 3.05) is 5.32 Å². The van der Waals surface area contributed by atoms with Crippen LogP contribution < -0.4 is 5.32 Å². The molecule has 0 spiro atoms. The molecule has 110 valence electrons. The summed E-state index contributed by atoms with van der Waals surface area (Å²) in [6.07, 6.45) is 1.55. The van der Waals surface area contributed by atoms with Gasteiger partial charge in [-0.25, -0.2) is 4.68 Å². The molecule has 6 heteroatoms. The molecule has 0 radical (unpaired) electrons. The van der Waals surface area contributed by atoms with Crippen LogP contribution >= 0.6 is 0 Å². The van der Waals surface area contributed by atoms with Crippen LogP contribution in [0.3, 0.4) is 0 Å². The van der Waals surface area contributed by atoms with E-state index in [1.807, 2.05) is 25.1 Å². The number of rotatable bonds is 5. The summed E-state index contributed by atoms with van der Waals surface area (Å²) in [5.41, 5.74) is 1.91. The van der Waals surface area contributed by atoms with Crippen molar-refractivity contribution >= 4 is 11.5 Å². The number of nitro groups is 1. The van der Waals surface area contributed by atoms with Gasteiger partial charge in [0.1, 0.15) is 5.69 Å². The van der Waals surface area contributed by atoms with E-state index in [1.54, 1.807) is 11.7 Å². The molecule has 0 amide bonds. The van der Waals surface area contributed by atoms with Crippen LogP contribution in [0.5, 0.6) is 0 Å². The van der Waals surface area contributed by atoms with E-state index in [0.29, 0.717) is 23.9 Å². The molecule has 0 bridgehead atoms. The zero-order valence-electron chi connectivity index (χ0n) is 12.1. The molecule has 6 nitrogen and oxygen atoms in total. The fourth-order valence-electron chi connectivity index (χ4n) is 2.76. The highest BCUT2D eigenvalue weighted by molar-refractivity contribution is 5.61. The van der Waals surface area contributed by atoms with Gasteiger partial charge in [-0.2, -0.15) is 5.10 Å². The van der Waals surface area contributed by atoms with Crippen LogP contribution in [0.15, 0.2) is 30.3 Å². The summed E-state index contributed by atoms with van der Waals surface area (Å²) < 4.78 is 1.58. The first-order chi connectivity index (χ1) is 10.1. The summed E-state index contributed by atoms with van der Waals surface area (Å²) in [4.78, 5) is 10.9. The number of hydrogen-bond acceptors (Lipinski definition) is 4. The third kappa shape index (κ3) is 2.49. The van der Waals surface area contributed by atoms with Crippen molar-refractivity contribution in [1.29, 1.82) is 0 Å². The molecule has 2 aromatic rings. The van der Waals surface area contributed by atoms with Crippen molar-refractivity contribution in [3.63, 3.8) is 0 Å². The Labute approximate surface area is 122 Å². The highest BCUT2D eigenvalue weighted by atomic mass is 16.6. The molecule has 21 heavy (non-hydrogen) atoms. The topological polar surface area (TPSA) is 73.0 Å². The molecule has 2 unspecified atom stereocenters. The fraction of sp³-hybridized carbons (Fsp3) is 0.400. The maximum atomic E-state index is 11.3. The van der Waals surface area contributed by atoms with Crippen molar-refractivity contribution in [1.82, 2.24) is 9.78 Å². The zero-order valence-corrected chi connectivity index (χ0v) is 12.1. The Kier molecular flexibility index (Phi) is 3.37. The van der Waals surface area contributed by atoms with Gasteiger partial charge in [-0.15, -0.1) is 0 Å². The number of anilines is 1. The second-order valence-corrected chi connectivity index (χ2v) is 5.38. The van der Waals surface area contributed by atoms with Crippen LogP contribution in [0.25, 0.3) is 0 Å². The van der Waals surface area contributed by atoms with E-state index in [0.717, 1.165) is 6.42 Å². The molecule has 1 aromatic carbocycles. The molecule has 3 rings (SSSR count). The number of aryl methyl sites for hydroxylation is 2. The molecule has 0 saturated heterocycles. The minimum Gasteiger partial charge on any atom is -0.361 e. The van der Waals surface area contributed by atoms with E-state index in [9.17, 15) is 10.1 Å². The molecule has 1 saturated carbocycles. The Morgan fingerprint density at radius 2 is 2.14 bits per heavy atom. The van der Waals surface area contributed by atoms with E-state index in [-0.39, 0.29) is 16.7 Å². The van der Waals surface area contributed by atoms with E-state index in [4.69, 9.17) is 0 Å². The van der Waals surface area contributed by atoms with Crippen LogP contribution in [0.1, 0.15) is 30.5 Å². The molecule has 1 N–H and O–H groups in total. The second-order valence-electron chi connectivity index (χ2n) is 5.38. The lowest BCUT2D eigenvalue weighted by Crippen LogP contribution is -2.10. The molecule has 1 heterocycles. The number of benzene rings is 1. The largest absolute Gasteiger partial charge is 0.361 e. The third-order valence-corrected chi connectivity index (χ3v) is 3.95. The van der Waals surface area contributed by atoms with Crippen LogP contribution in [-0.4, -0.2) is 20.7 Å². The summed E-state index contributed by atoms with van der Waals surface area (Å²) in [7, 11) is 1.74. The number of aromatic nitrogens is 2. The van der Waals surface area contributed by atoms with Gasteiger partial charge in [0.25, 0.3) is 0 Å². The average molecular weight is 286 g/mol. The number of nitrogens with one attached hydrogen (secondary N) is 1. The van der Waals surface area contributed by atoms with Gasteiger partial charge >= 0.3 is 5.69 Å². The third-order valence-electron chi connectivity index (χ3n) is 3.95. The molecular formula is C15H18N4O2. The summed E-state index contributed by atoms with van der Waals surface area (Å²) in [5, 5.41) is 18.8. The summed E-state index contributed by atoms with van der Waals surface area (Å²) in [6, 6.07) is 10.5. The van der Waals surface area contributed by atoms with E-state index in [1.165, 1.54) is 5.56 Å². The van der Waals surface area contributed by atoms with Gasteiger partial charge < -0.3 is 5.32 Å². The highest BCUT2D eigenvalue weighted by Crippen LogP contribution is 2.44. The maximum Gasteiger partial charge on any atom is 0.333 e. The van der Waals surface area contributed by atoms with Crippen LogP contribution in [-0.2, 0) is 13.5 Å². The van der Waals surface area contributed by atoms with Crippen LogP contribution in [0.4, 0.5) is 11.5 Å². The number of hydrogen-bond donors (Lipinski definition) is 1. The van der Waals surface area contributed by atoms with Crippen LogP contribution in [0, 0.1) is 10.1 Å². The van der Waals surface area contributed by atoms with Crippen molar-refractivity contribution in [2.24, 2.45) is 7.05 Å². The molecular weight excluding hydrogens is 268 g/mol. The van der Waals surface area contributed by atoms with Gasteiger partial charge in [0.2, 0.25) is 5.82 Å². The quantitative estimate of drug-likeness (QED) is 0.677. The lowest BCUT2D eigenvalue weighted by molar-refractivity contribution is -0.384. The van der Waals surface area contributed by atoms with Gasteiger partial charge in [0.15, 0.2) is 0 Å². The SMILES string of the molecule is CCc1nn(C)c(NC2CC2c2ccccc2)c1[N+](=O)[O-]. The van der Waals surface area contributed by atoms with Gasteiger partial charge in [0, 0.05) is 19.0 Å². The summed E-state index contributed by atoms with van der Waals surface area (Å²) in [5.74, 6) is 0.936. The van der Waals surface area contributed by atoms with Gasteiger partial charge in [-0.05, 0) is 18.4 Å². The Bertz CT molecular complexity index is 666. The lowest BCUT2D eigenvalue weighted by atomic mass is 10.1. The van der Waals surface area contributed by atoms with Crippen molar-refractivity contribution in [2.45, 2.75) is 31.7 Å². The fourth-order valence-corrected chi connectivity index (χ4v) is 2.76. The Morgan fingerprint density at radius 3 is 2.76 bits per heavy atom. The molecule has 1 aliphatic carbocycles. The normalized spacial score (nSPS) is 20.3. The lowest BCUT2D eigenvalue weighted by Gasteiger charge is -2.05. The molecule has 1 aromatic heterocycles. The Morgan fingerprint density at radius 1 is 1.43 bits per heavy atom. The highest BCUT2D eigenvalue weighted by Gasteiger charge is 2.40. The first-order valence-electron chi connectivity index (χ1n) is 7.13. The van der Waals surface area contributed by atoms with E-state index >= 15 is 0 Å². The van der Waals surface area contributed by atoms with Crippen molar-refractivity contribution in [3.05, 3.63) is 51.7 Å². The zero-order chi connectivity index (χ0) is 15.0. The minimum atomic E-state index is -0.339. The second kappa shape index (κ2) is 5.20. The maximum absolute atomic E-state index is 11.3. The minimum absolute atomic E-state index is 0.110. The molecule has 0 aliphatic heterocycles. The van der Waals surface area contributed by atoms with E-state index in [2.05, 4.69) is 22.5 Å². The van der Waals surface area contributed by atoms with Crippen LogP contribution in [0.2, 0.25) is 0 Å². The summed E-state index contributed by atoms with van der Waals surface area (Å²) >= 11 is 0. The molecule has 1 aliphatic rings. The Balaban J connectivity index is 1.81. The van der Waals surface area contributed by atoms with Gasteiger partial charge in [-0.1, -0.05) is 37.3 Å². The van der Waals surface area contributed by atoms with E-state index < -0.39 is 0 Å². The Hall–Kier alpha value is -2.37. The molecule has 1 fully saturated rings. The predicted octanol–water partition coefficient (Wildman–Crippen LogP) is 2.86. The monoisotopic (exact) mass is 286 g/mol. The van der Waals surface area contributed by atoms with Crippen molar-refractivity contribution < 1.29 is 4.92 Å². The number of nitrogens with zero attached hydrogens (tertiary/aromatic N) is 3. The first-order valence-corrected chi connectivity index (χ1v) is 7.13. The van der Waals surface area contributed by atoms with Crippen molar-refractivity contribution in [3.8, 4) is 0 Å². The van der Waals surface area contributed by atoms with Gasteiger partial charge in [-0.3, -0.25) is 10.1 Å². The smallest absolute Gasteiger partial charge is 0.333 e.